The number of benzene rings is 1. The highest BCUT2D eigenvalue weighted by atomic mass is 16.5. The van der Waals surface area contributed by atoms with Crippen molar-refractivity contribution in [2.75, 3.05) is 37.7 Å². The molecule has 2 aromatic heterocycles. The highest BCUT2D eigenvalue weighted by Crippen LogP contribution is 2.26. The van der Waals surface area contributed by atoms with Crippen LogP contribution in [-0.2, 0) is 11.8 Å². The molecule has 9 nitrogen and oxygen atoms in total. The van der Waals surface area contributed by atoms with Crippen molar-refractivity contribution in [1.82, 2.24) is 24.6 Å². The number of rotatable bonds is 3. The molecular formula is C20H22N6O3. The zero-order chi connectivity index (χ0) is 19.8. The van der Waals surface area contributed by atoms with Crippen molar-refractivity contribution in [2.24, 2.45) is 13.0 Å². The van der Waals surface area contributed by atoms with Gasteiger partial charge in [-0.25, -0.2) is 4.98 Å². The quantitative estimate of drug-likeness (QED) is 0.664. The Morgan fingerprint density at radius 2 is 2.00 bits per heavy atom. The predicted octanol–water partition coefficient (Wildman–Crippen LogP) is 1.45. The predicted molar refractivity (Wildman–Crippen MR) is 104 cm³/mol. The fourth-order valence-corrected chi connectivity index (χ4v) is 4.01. The maximum absolute atomic E-state index is 13.1. The number of anilines is 1. The summed E-state index contributed by atoms with van der Waals surface area (Å²) in [5.41, 5.74) is 1.49. The molecule has 0 N–H and O–H groups in total. The lowest BCUT2D eigenvalue weighted by molar-refractivity contribution is 0.0601. The smallest absolute Gasteiger partial charge is 0.324 e. The van der Waals surface area contributed by atoms with E-state index in [2.05, 4.69) is 20.0 Å². The van der Waals surface area contributed by atoms with E-state index in [-0.39, 0.29) is 17.9 Å². The van der Waals surface area contributed by atoms with Crippen molar-refractivity contribution < 1.29 is 14.1 Å². The molecule has 1 aromatic carbocycles. The number of nitrogens with zero attached hydrogens (tertiary/aromatic N) is 6. The van der Waals surface area contributed by atoms with Gasteiger partial charge in [-0.2, -0.15) is 4.98 Å². The van der Waals surface area contributed by atoms with E-state index in [1.54, 1.807) is 17.1 Å². The molecule has 29 heavy (non-hydrogen) atoms. The normalized spacial score (nSPS) is 21.8. The van der Waals surface area contributed by atoms with E-state index in [0.717, 1.165) is 5.56 Å². The van der Waals surface area contributed by atoms with Crippen molar-refractivity contribution >= 4 is 11.9 Å². The molecule has 2 saturated heterocycles. The molecule has 0 spiro atoms. The lowest BCUT2D eigenvalue weighted by atomic mass is 10.1. The zero-order valence-electron chi connectivity index (χ0n) is 16.1. The number of amides is 1. The van der Waals surface area contributed by atoms with E-state index in [1.165, 1.54) is 0 Å². The standard InChI is InChI=1S/C20H22N6O3/c1-24-13-21-7-17(24)19(27)26-9-14-8-25(10-16(26)12-28-11-14)20-22-18(23-29-20)15-5-3-2-4-6-15/h2-7,13-14,16H,8-12H2,1H3/t14-,16-/m0/s1. The number of hydrogen-bond acceptors (Lipinski definition) is 7. The molecule has 150 valence electrons. The molecule has 0 aliphatic carbocycles. The van der Waals surface area contributed by atoms with Gasteiger partial charge in [-0.3, -0.25) is 4.79 Å². The van der Waals surface area contributed by atoms with Crippen molar-refractivity contribution in [3.8, 4) is 11.4 Å². The van der Waals surface area contributed by atoms with Crippen molar-refractivity contribution in [3.05, 3.63) is 48.5 Å². The summed E-state index contributed by atoms with van der Waals surface area (Å²) in [6, 6.07) is 10.1. The summed E-state index contributed by atoms with van der Waals surface area (Å²) >= 11 is 0. The van der Waals surface area contributed by atoms with Gasteiger partial charge in [0.2, 0.25) is 5.82 Å². The van der Waals surface area contributed by atoms with Crippen molar-refractivity contribution in [1.29, 1.82) is 0 Å². The number of carbonyl (C=O) groups excluding carboxylic acids is 1. The van der Waals surface area contributed by atoms with Crippen LogP contribution in [-0.4, -0.2) is 69.4 Å². The Balaban J connectivity index is 1.40. The summed E-state index contributed by atoms with van der Waals surface area (Å²) in [7, 11) is 1.83. The van der Waals surface area contributed by atoms with Crippen LogP contribution in [0.5, 0.6) is 0 Å². The second kappa shape index (κ2) is 7.32. The van der Waals surface area contributed by atoms with Gasteiger partial charge < -0.3 is 23.6 Å². The molecule has 5 rings (SSSR count). The van der Waals surface area contributed by atoms with E-state index < -0.39 is 0 Å². The Labute approximate surface area is 167 Å². The Kier molecular flexibility index (Phi) is 4.51. The van der Waals surface area contributed by atoms with Gasteiger partial charge in [0.15, 0.2) is 0 Å². The number of ether oxygens (including phenoxy) is 1. The van der Waals surface area contributed by atoms with Crippen LogP contribution < -0.4 is 4.90 Å². The largest absolute Gasteiger partial charge is 0.379 e. The van der Waals surface area contributed by atoms with E-state index >= 15 is 0 Å². The summed E-state index contributed by atoms with van der Waals surface area (Å²) < 4.78 is 13.2. The second-order valence-corrected chi connectivity index (χ2v) is 7.58. The monoisotopic (exact) mass is 394 g/mol. The molecule has 0 radical (unpaired) electrons. The van der Waals surface area contributed by atoms with Gasteiger partial charge in [-0.05, 0) is 0 Å². The minimum Gasteiger partial charge on any atom is -0.379 e. The molecule has 4 heterocycles. The second-order valence-electron chi connectivity index (χ2n) is 7.58. The first-order valence-corrected chi connectivity index (χ1v) is 9.68. The molecule has 2 atom stereocenters. The van der Waals surface area contributed by atoms with Crippen LogP contribution in [0.2, 0.25) is 0 Å². The third-order valence-corrected chi connectivity index (χ3v) is 5.48. The van der Waals surface area contributed by atoms with Crippen LogP contribution in [0.1, 0.15) is 10.5 Å². The molecule has 2 bridgehead atoms. The minimum atomic E-state index is -0.100. The molecule has 2 fully saturated rings. The van der Waals surface area contributed by atoms with Crippen LogP contribution in [0.15, 0.2) is 47.4 Å². The highest BCUT2D eigenvalue weighted by Gasteiger charge is 2.38. The summed E-state index contributed by atoms with van der Waals surface area (Å²) in [5.74, 6) is 0.698. The zero-order valence-corrected chi connectivity index (χ0v) is 16.1. The average molecular weight is 394 g/mol. The van der Waals surface area contributed by atoms with Gasteiger partial charge in [0.25, 0.3) is 5.91 Å². The van der Waals surface area contributed by atoms with Gasteiger partial charge >= 0.3 is 6.01 Å². The van der Waals surface area contributed by atoms with Gasteiger partial charge in [0, 0.05) is 38.2 Å². The number of aromatic nitrogens is 4. The Morgan fingerprint density at radius 3 is 2.79 bits per heavy atom. The fraction of sp³-hybridized carbons (Fsp3) is 0.400. The number of carbonyl (C=O) groups is 1. The van der Waals surface area contributed by atoms with Crippen LogP contribution in [0, 0.1) is 5.92 Å². The van der Waals surface area contributed by atoms with E-state index in [0.29, 0.717) is 50.4 Å². The van der Waals surface area contributed by atoms with Crippen molar-refractivity contribution in [3.63, 3.8) is 0 Å². The van der Waals surface area contributed by atoms with Crippen LogP contribution >= 0.6 is 0 Å². The maximum atomic E-state index is 13.1. The summed E-state index contributed by atoms with van der Waals surface area (Å²) in [4.78, 5) is 25.8. The minimum absolute atomic E-state index is 0.0251. The number of imidazole rings is 1. The summed E-state index contributed by atoms with van der Waals surface area (Å²) in [6.07, 6.45) is 3.25. The van der Waals surface area contributed by atoms with Gasteiger partial charge in [0.1, 0.15) is 5.69 Å². The Morgan fingerprint density at radius 1 is 1.14 bits per heavy atom. The molecular weight excluding hydrogens is 372 g/mol. The molecule has 2 aliphatic heterocycles. The molecule has 3 aromatic rings. The maximum Gasteiger partial charge on any atom is 0.324 e. The SMILES string of the molecule is Cn1cncc1C(=O)N1C[C@H]2COC[C@@H]1CN(c1nc(-c3ccccc3)no1)C2. The third-order valence-electron chi connectivity index (χ3n) is 5.48. The lowest BCUT2D eigenvalue weighted by Gasteiger charge is -2.30. The summed E-state index contributed by atoms with van der Waals surface area (Å²) in [6.45, 7) is 2.99. The molecule has 2 aliphatic rings. The molecule has 1 amide bonds. The molecule has 0 unspecified atom stereocenters. The lowest BCUT2D eigenvalue weighted by Crippen LogP contribution is -2.47. The van der Waals surface area contributed by atoms with Crippen LogP contribution in [0.25, 0.3) is 11.4 Å². The number of aryl methyl sites for hydroxylation is 1. The summed E-state index contributed by atoms with van der Waals surface area (Å²) in [5, 5.41) is 4.14. The topological polar surface area (TPSA) is 89.5 Å². The van der Waals surface area contributed by atoms with E-state index in [1.807, 2.05) is 42.3 Å². The van der Waals surface area contributed by atoms with Crippen LogP contribution in [0.4, 0.5) is 6.01 Å². The van der Waals surface area contributed by atoms with E-state index in [4.69, 9.17) is 9.26 Å². The van der Waals surface area contributed by atoms with Gasteiger partial charge in [-0.15, -0.1) is 0 Å². The van der Waals surface area contributed by atoms with Gasteiger partial charge in [-0.1, -0.05) is 35.5 Å². The third kappa shape index (κ3) is 3.38. The first-order valence-electron chi connectivity index (χ1n) is 9.68. The van der Waals surface area contributed by atoms with Crippen LogP contribution in [0.3, 0.4) is 0 Å². The average Bonchev–Trinajstić information content (AvgIpc) is 3.28. The first kappa shape index (κ1) is 17.9. The first-order chi connectivity index (χ1) is 14.2. The van der Waals surface area contributed by atoms with Crippen molar-refractivity contribution in [2.45, 2.75) is 6.04 Å². The number of fused-ring (bicyclic) bond motifs is 3. The highest BCUT2D eigenvalue weighted by molar-refractivity contribution is 5.92. The van der Waals surface area contributed by atoms with Gasteiger partial charge in [0.05, 0.1) is 31.8 Å². The Hall–Kier alpha value is -3.20. The molecule has 0 saturated carbocycles. The van der Waals surface area contributed by atoms with E-state index in [9.17, 15) is 4.79 Å². The number of hydrogen-bond donors (Lipinski definition) is 0. The fourth-order valence-electron chi connectivity index (χ4n) is 4.01. The Bertz CT molecular complexity index is 1000. The molecule has 9 heteroatoms.